The van der Waals surface area contributed by atoms with Crippen LogP contribution in [-0.2, 0) is 0 Å². The lowest BCUT2D eigenvalue weighted by molar-refractivity contribution is 0.426. The predicted octanol–water partition coefficient (Wildman–Crippen LogP) is 0.102. The minimum Gasteiger partial charge on any atom is -0.423 e. The molecule has 0 unspecified atom stereocenters. The van der Waals surface area contributed by atoms with E-state index in [0.717, 1.165) is 10.8 Å². The Morgan fingerprint density at radius 2 is 1.86 bits per heavy atom. The Morgan fingerprint density at radius 1 is 1.07 bits per heavy atom. The molecule has 0 saturated heterocycles. The number of anilines is 1. The van der Waals surface area contributed by atoms with Gasteiger partial charge in [0.2, 0.25) is 0 Å². The minimum absolute atomic E-state index is 0.454. The van der Waals surface area contributed by atoms with E-state index in [-0.39, 0.29) is 0 Å². The average Bonchev–Trinajstić information content (AvgIpc) is 2.18. The molecule has 0 saturated carbocycles. The third kappa shape index (κ3) is 1.45. The smallest absolute Gasteiger partial charge is 0.423 e. The Morgan fingerprint density at radius 3 is 2.57 bits per heavy atom. The Bertz CT molecular complexity index is 471. The van der Waals surface area contributed by atoms with Gasteiger partial charge in [0.25, 0.3) is 0 Å². The molecule has 2 aromatic carbocycles. The average molecular weight is 187 g/mol. The van der Waals surface area contributed by atoms with Crippen molar-refractivity contribution in [2.75, 3.05) is 5.73 Å². The summed E-state index contributed by atoms with van der Waals surface area (Å²) in [6, 6.07) is 10.8. The molecule has 70 valence electrons. The van der Waals surface area contributed by atoms with Crippen molar-refractivity contribution in [1.82, 2.24) is 0 Å². The highest BCUT2D eigenvalue weighted by Crippen LogP contribution is 2.18. The molecule has 0 aliphatic rings. The highest BCUT2D eigenvalue weighted by atomic mass is 16.4. The maximum Gasteiger partial charge on any atom is 0.488 e. The maximum atomic E-state index is 8.99. The van der Waals surface area contributed by atoms with Crippen LogP contribution in [0.1, 0.15) is 0 Å². The first-order valence-electron chi connectivity index (χ1n) is 4.33. The van der Waals surface area contributed by atoms with Crippen molar-refractivity contribution in [3.8, 4) is 0 Å². The molecule has 0 aromatic heterocycles. The molecular formula is C10H10BNO2. The van der Waals surface area contributed by atoms with E-state index in [1.807, 2.05) is 18.2 Å². The van der Waals surface area contributed by atoms with Crippen molar-refractivity contribution < 1.29 is 10.0 Å². The molecule has 0 aliphatic carbocycles. The van der Waals surface area contributed by atoms with Gasteiger partial charge in [0.1, 0.15) is 0 Å². The molecule has 0 radical (unpaired) electrons. The maximum absolute atomic E-state index is 8.99. The van der Waals surface area contributed by atoms with Gasteiger partial charge in [-0.1, -0.05) is 30.3 Å². The Hall–Kier alpha value is -1.52. The number of rotatable bonds is 1. The van der Waals surface area contributed by atoms with E-state index in [1.54, 1.807) is 18.2 Å². The van der Waals surface area contributed by atoms with Crippen molar-refractivity contribution in [1.29, 1.82) is 0 Å². The molecule has 0 atom stereocenters. The molecule has 4 heteroatoms. The predicted molar refractivity (Wildman–Crippen MR) is 58.2 cm³/mol. The van der Waals surface area contributed by atoms with Crippen LogP contribution in [0.3, 0.4) is 0 Å². The third-order valence-electron chi connectivity index (χ3n) is 2.24. The normalized spacial score (nSPS) is 10.4. The summed E-state index contributed by atoms with van der Waals surface area (Å²) >= 11 is 0. The number of fused-ring (bicyclic) bond motifs is 1. The van der Waals surface area contributed by atoms with Gasteiger partial charge in [-0.3, -0.25) is 0 Å². The first-order valence-corrected chi connectivity index (χ1v) is 4.33. The van der Waals surface area contributed by atoms with Crippen LogP contribution in [0.5, 0.6) is 0 Å². The number of hydrogen-bond acceptors (Lipinski definition) is 3. The monoisotopic (exact) mass is 187 g/mol. The molecule has 0 heterocycles. The molecule has 4 N–H and O–H groups in total. The summed E-state index contributed by atoms with van der Waals surface area (Å²) in [6.07, 6.45) is 0. The summed E-state index contributed by atoms with van der Waals surface area (Å²) in [4.78, 5) is 0. The lowest BCUT2D eigenvalue weighted by atomic mass is 9.79. The summed E-state index contributed by atoms with van der Waals surface area (Å²) in [5.74, 6) is 0. The van der Waals surface area contributed by atoms with Gasteiger partial charge in [-0.05, 0) is 16.9 Å². The zero-order valence-electron chi connectivity index (χ0n) is 7.51. The van der Waals surface area contributed by atoms with Crippen LogP contribution in [0, 0.1) is 0 Å². The van der Waals surface area contributed by atoms with Crippen LogP contribution in [0.25, 0.3) is 10.8 Å². The third-order valence-corrected chi connectivity index (χ3v) is 2.24. The van der Waals surface area contributed by atoms with Gasteiger partial charge in [0.05, 0.1) is 0 Å². The molecule has 0 amide bonds. The van der Waals surface area contributed by atoms with Crippen LogP contribution >= 0.6 is 0 Å². The van der Waals surface area contributed by atoms with Gasteiger partial charge in [0.15, 0.2) is 0 Å². The van der Waals surface area contributed by atoms with Crippen LogP contribution in [0.15, 0.2) is 36.4 Å². The van der Waals surface area contributed by atoms with Crippen LogP contribution < -0.4 is 11.2 Å². The lowest BCUT2D eigenvalue weighted by Gasteiger charge is -2.04. The topological polar surface area (TPSA) is 66.5 Å². The van der Waals surface area contributed by atoms with Gasteiger partial charge in [-0.25, -0.2) is 0 Å². The molecule has 0 fully saturated rings. The first kappa shape index (κ1) is 9.06. The second-order valence-electron chi connectivity index (χ2n) is 3.20. The largest absolute Gasteiger partial charge is 0.488 e. The number of hydrogen-bond donors (Lipinski definition) is 3. The molecule has 3 nitrogen and oxygen atoms in total. The summed E-state index contributed by atoms with van der Waals surface area (Å²) in [5.41, 5.74) is 6.86. The molecule has 2 rings (SSSR count). The standard InChI is InChI=1S/C10H10BNO2/c12-10-3-1-2-7-4-5-8(11(13)14)6-9(7)10/h1-6,13-14H,12H2. The van der Waals surface area contributed by atoms with Crippen molar-refractivity contribution in [3.63, 3.8) is 0 Å². The van der Waals surface area contributed by atoms with Crippen molar-refractivity contribution in [3.05, 3.63) is 36.4 Å². The first-order chi connectivity index (χ1) is 6.68. The Kier molecular flexibility index (Phi) is 2.15. The van der Waals surface area contributed by atoms with Crippen LogP contribution in [0.4, 0.5) is 5.69 Å². The quantitative estimate of drug-likeness (QED) is 0.438. The van der Waals surface area contributed by atoms with E-state index in [1.165, 1.54) is 0 Å². The molecule has 0 spiro atoms. The molecule has 14 heavy (non-hydrogen) atoms. The zero-order valence-corrected chi connectivity index (χ0v) is 7.51. The molecular weight excluding hydrogens is 177 g/mol. The number of benzene rings is 2. The van der Waals surface area contributed by atoms with Crippen LogP contribution in [0.2, 0.25) is 0 Å². The van der Waals surface area contributed by atoms with E-state index < -0.39 is 7.12 Å². The summed E-state index contributed by atoms with van der Waals surface area (Å²) in [5, 5.41) is 19.8. The summed E-state index contributed by atoms with van der Waals surface area (Å²) in [6.45, 7) is 0. The van der Waals surface area contributed by atoms with Gasteiger partial charge in [-0.15, -0.1) is 0 Å². The fraction of sp³-hybridized carbons (Fsp3) is 0. The van der Waals surface area contributed by atoms with Gasteiger partial charge >= 0.3 is 7.12 Å². The fourth-order valence-electron chi connectivity index (χ4n) is 1.48. The summed E-state index contributed by atoms with van der Waals surface area (Å²) < 4.78 is 0. The van der Waals surface area contributed by atoms with E-state index >= 15 is 0 Å². The Labute approximate surface area is 81.9 Å². The molecule has 2 aromatic rings. The van der Waals surface area contributed by atoms with Crippen LogP contribution in [-0.4, -0.2) is 17.2 Å². The SMILES string of the molecule is Nc1cccc2ccc(B(O)O)cc12. The minimum atomic E-state index is -1.45. The van der Waals surface area contributed by atoms with E-state index in [9.17, 15) is 0 Å². The van der Waals surface area contributed by atoms with E-state index in [4.69, 9.17) is 15.8 Å². The zero-order chi connectivity index (χ0) is 10.1. The van der Waals surface area contributed by atoms with E-state index in [0.29, 0.717) is 11.2 Å². The Balaban J connectivity index is 2.70. The van der Waals surface area contributed by atoms with Crippen molar-refractivity contribution >= 4 is 29.0 Å². The fourth-order valence-corrected chi connectivity index (χ4v) is 1.48. The van der Waals surface area contributed by atoms with Crippen molar-refractivity contribution in [2.45, 2.75) is 0 Å². The lowest BCUT2D eigenvalue weighted by Crippen LogP contribution is -2.29. The van der Waals surface area contributed by atoms with Gasteiger partial charge < -0.3 is 15.8 Å². The second kappa shape index (κ2) is 3.33. The number of nitrogens with two attached hydrogens (primary N) is 1. The van der Waals surface area contributed by atoms with E-state index in [2.05, 4.69) is 0 Å². The molecule has 0 bridgehead atoms. The highest BCUT2D eigenvalue weighted by molar-refractivity contribution is 6.59. The number of nitrogen functional groups attached to an aromatic ring is 1. The molecule has 0 aliphatic heterocycles. The summed E-state index contributed by atoms with van der Waals surface area (Å²) in [7, 11) is -1.45. The second-order valence-corrected chi connectivity index (χ2v) is 3.20. The van der Waals surface area contributed by atoms with Gasteiger partial charge in [-0.2, -0.15) is 0 Å². The van der Waals surface area contributed by atoms with Gasteiger partial charge in [0, 0.05) is 11.1 Å². The van der Waals surface area contributed by atoms with Crippen molar-refractivity contribution in [2.24, 2.45) is 0 Å². The highest BCUT2D eigenvalue weighted by Gasteiger charge is 2.11.